The highest BCUT2D eigenvalue weighted by molar-refractivity contribution is 7.26. The molecule has 0 radical (unpaired) electrons. The zero-order valence-corrected chi connectivity index (χ0v) is 13.2. The Hall–Kier alpha value is -1.36. The maximum Gasteiger partial charge on any atom is 0.118 e. The molecule has 0 saturated heterocycles. The molecule has 0 aliphatic rings. The molecule has 0 aliphatic heterocycles. The van der Waals surface area contributed by atoms with Crippen molar-refractivity contribution >= 4 is 32.1 Å². The van der Waals surface area contributed by atoms with E-state index in [9.17, 15) is 0 Å². The van der Waals surface area contributed by atoms with Gasteiger partial charge < -0.3 is 10.1 Å². The second-order valence-corrected chi connectivity index (χ2v) is 6.75. The minimum atomic E-state index is 0.369. The van der Waals surface area contributed by atoms with Gasteiger partial charge in [-0.1, -0.05) is 12.1 Å². The molecule has 0 fully saturated rings. The van der Waals surface area contributed by atoms with Crippen LogP contribution in [-0.2, 0) is 6.42 Å². The molecule has 1 aromatic carbocycles. The van der Waals surface area contributed by atoms with Gasteiger partial charge in [0.25, 0.3) is 0 Å². The molecule has 2 nitrogen and oxygen atoms in total. The fourth-order valence-corrected chi connectivity index (χ4v) is 4.53. The van der Waals surface area contributed by atoms with Crippen molar-refractivity contribution in [2.45, 2.75) is 12.5 Å². The molecule has 0 spiro atoms. The van der Waals surface area contributed by atoms with E-state index in [2.05, 4.69) is 35.0 Å². The fourth-order valence-electron chi connectivity index (χ4n) is 2.30. The van der Waals surface area contributed by atoms with Crippen molar-refractivity contribution in [1.29, 1.82) is 0 Å². The van der Waals surface area contributed by atoms with Gasteiger partial charge >= 0.3 is 0 Å². The molecule has 1 N–H and O–H groups in total. The van der Waals surface area contributed by atoms with Gasteiger partial charge in [0.2, 0.25) is 0 Å². The maximum atomic E-state index is 5.20. The molecule has 0 bridgehead atoms. The van der Waals surface area contributed by atoms with Crippen molar-refractivity contribution in [3.05, 3.63) is 52.2 Å². The first kappa shape index (κ1) is 13.6. The molecule has 2 aromatic heterocycles. The van der Waals surface area contributed by atoms with Crippen LogP contribution in [-0.4, -0.2) is 14.2 Å². The Balaban J connectivity index is 1.80. The van der Waals surface area contributed by atoms with E-state index in [0.29, 0.717) is 6.04 Å². The van der Waals surface area contributed by atoms with Gasteiger partial charge in [0, 0.05) is 20.3 Å². The van der Waals surface area contributed by atoms with Crippen LogP contribution in [0.25, 0.3) is 9.40 Å². The van der Waals surface area contributed by atoms with E-state index in [1.165, 1.54) is 19.8 Å². The number of rotatable bonds is 5. The number of fused-ring (bicyclic) bond motifs is 1. The smallest absolute Gasteiger partial charge is 0.118 e. The van der Waals surface area contributed by atoms with Gasteiger partial charge in [0.05, 0.1) is 7.11 Å². The van der Waals surface area contributed by atoms with Crippen molar-refractivity contribution < 1.29 is 4.74 Å². The largest absolute Gasteiger partial charge is 0.497 e. The normalized spacial score (nSPS) is 12.7. The van der Waals surface area contributed by atoms with Crippen molar-refractivity contribution in [2.24, 2.45) is 0 Å². The minimum absolute atomic E-state index is 0.369. The number of methoxy groups -OCH3 is 1. The van der Waals surface area contributed by atoms with Gasteiger partial charge in [-0.2, -0.15) is 0 Å². The van der Waals surface area contributed by atoms with Crippen LogP contribution in [0.2, 0.25) is 0 Å². The lowest BCUT2D eigenvalue weighted by molar-refractivity contribution is 0.414. The zero-order valence-electron chi connectivity index (χ0n) is 11.6. The number of hydrogen-bond acceptors (Lipinski definition) is 4. The molecule has 1 unspecified atom stereocenters. The van der Waals surface area contributed by atoms with Crippen LogP contribution >= 0.6 is 22.7 Å². The van der Waals surface area contributed by atoms with Gasteiger partial charge in [-0.15, -0.1) is 22.7 Å². The van der Waals surface area contributed by atoms with E-state index in [-0.39, 0.29) is 0 Å². The SMILES string of the molecule is CNC(Cc1ccc(OC)cc1)c1cc2sccc2s1. The van der Waals surface area contributed by atoms with Gasteiger partial charge in [-0.3, -0.25) is 0 Å². The molecule has 0 aliphatic carbocycles. The van der Waals surface area contributed by atoms with Crippen LogP contribution in [0, 0.1) is 0 Å². The number of benzene rings is 1. The molecule has 2 heterocycles. The molecule has 3 rings (SSSR count). The lowest BCUT2D eigenvalue weighted by Gasteiger charge is -2.14. The fraction of sp³-hybridized carbons (Fsp3) is 0.250. The van der Waals surface area contributed by atoms with E-state index in [1.807, 2.05) is 41.9 Å². The molecular weight excluding hydrogens is 286 g/mol. The average Bonchev–Trinajstić information content (AvgIpc) is 3.06. The monoisotopic (exact) mass is 303 g/mol. The number of likely N-dealkylation sites (N-methyl/N-ethyl adjacent to an activating group) is 1. The summed E-state index contributed by atoms with van der Waals surface area (Å²) in [4.78, 5) is 1.41. The Morgan fingerprint density at radius 2 is 1.95 bits per heavy atom. The summed E-state index contributed by atoms with van der Waals surface area (Å²) in [6, 6.07) is 13.2. The third-order valence-electron chi connectivity index (χ3n) is 3.45. The summed E-state index contributed by atoms with van der Waals surface area (Å²) < 4.78 is 7.98. The van der Waals surface area contributed by atoms with E-state index in [4.69, 9.17) is 4.74 Å². The van der Waals surface area contributed by atoms with Gasteiger partial charge in [-0.05, 0) is 48.7 Å². The van der Waals surface area contributed by atoms with E-state index < -0.39 is 0 Å². The number of hydrogen-bond donors (Lipinski definition) is 1. The van der Waals surface area contributed by atoms with E-state index in [0.717, 1.165) is 12.2 Å². The zero-order chi connectivity index (χ0) is 13.9. The van der Waals surface area contributed by atoms with Crippen LogP contribution in [0.15, 0.2) is 41.8 Å². The molecule has 1 atom stereocenters. The van der Waals surface area contributed by atoms with Crippen LogP contribution < -0.4 is 10.1 Å². The lowest BCUT2D eigenvalue weighted by Crippen LogP contribution is -2.17. The number of thiophene rings is 2. The number of ether oxygens (including phenoxy) is 1. The van der Waals surface area contributed by atoms with Crippen molar-refractivity contribution in [2.75, 3.05) is 14.2 Å². The molecule has 20 heavy (non-hydrogen) atoms. The van der Waals surface area contributed by atoms with E-state index >= 15 is 0 Å². The second kappa shape index (κ2) is 5.95. The predicted molar refractivity (Wildman–Crippen MR) is 88.2 cm³/mol. The first-order valence-corrected chi connectivity index (χ1v) is 8.27. The molecule has 0 saturated carbocycles. The Labute approximate surface area is 127 Å². The topological polar surface area (TPSA) is 21.3 Å². The second-order valence-electron chi connectivity index (χ2n) is 4.69. The third kappa shape index (κ3) is 2.73. The Morgan fingerprint density at radius 3 is 2.60 bits per heavy atom. The highest BCUT2D eigenvalue weighted by Gasteiger charge is 2.14. The minimum Gasteiger partial charge on any atom is -0.497 e. The lowest BCUT2D eigenvalue weighted by atomic mass is 10.0. The van der Waals surface area contributed by atoms with Gasteiger partial charge in [0.1, 0.15) is 5.75 Å². The van der Waals surface area contributed by atoms with Crippen molar-refractivity contribution in [3.8, 4) is 5.75 Å². The summed E-state index contributed by atoms with van der Waals surface area (Å²) in [7, 11) is 3.73. The summed E-state index contributed by atoms with van der Waals surface area (Å²) in [5.41, 5.74) is 1.32. The summed E-state index contributed by atoms with van der Waals surface area (Å²) in [6.45, 7) is 0. The molecule has 0 amide bonds. The summed E-state index contributed by atoms with van der Waals surface area (Å²) in [6.07, 6.45) is 0.994. The first-order chi connectivity index (χ1) is 9.80. The molecule has 4 heteroatoms. The molecule has 104 valence electrons. The maximum absolute atomic E-state index is 5.20. The Kier molecular flexibility index (Phi) is 4.05. The quantitative estimate of drug-likeness (QED) is 0.750. The Morgan fingerprint density at radius 1 is 1.15 bits per heavy atom. The first-order valence-electron chi connectivity index (χ1n) is 6.57. The van der Waals surface area contributed by atoms with Gasteiger partial charge in [-0.25, -0.2) is 0 Å². The average molecular weight is 303 g/mol. The van der Waals surface area contributed by atoms with Gasteiger partial charge in [0.15, 0.2) is 0 Å². The summed E-state index contributed by atoms with van der Waals surface area (Å²) in [5.74, 6) is 0.909. The predicted octanol–water partition coefficient (Wildman–Crippen LogP) is 4.47. The van der Waals surface area contributed by atoms with Crippen LogP contribution in [0.1, 0.15) is 16.5 Å². The van der Waals surface area contributed by atoms with E-state index in [1.54, 1.807) is 7.11 Å². The highest BCUT2D eigenvalue weighted by Crippen LogP contribution is 2.34. The van der Waals surface area contributed by atoms with Crippen LogP contribution in [0.3, 0.4) is 0 Å². The van der Waals surface area contributed by atoms with Crippen LogP contribution in [0.4, 0.5) is 0 Å². The Bertz CT molecular complexity index is 655. The molecular formula is C16H17NOS2. The number of nitrogens with one attached hydrogen (secondary N) is 1. The third-order valence-corrected chi connectivity index (χ3v) is 5.66. The standard InChI is InChI=1S/C16H17NOS2/c1-17-13(9-11-3-5-12(18-2)6-4-11)15-10-16-14(20-15)7-8-19-16/h3-8,10,13,17H,9H2,1-2H3. The highest BCUT2D eigenvalue weighted by atomic mass is 32.1. The summed E-state index contributed by atoms with van der Waals surface area (Å²) >= 11 is 3.70. The van der Waals surface area contributed by atoms with Crippen molar-refractivity contribution in [1.82, 2.24) is 5.32 Å². The van der Waals surface area contributed by atoms with Crippen molar-refractivity contribution in [3.63, 3.8) is 0 Å². The molecule has 3 aromatic rings. The summed E-state index contributed by atoms with van der Waals surface area (Å²) in [5, 5.41) is 5.59. The van der Waals surface area contributed by atoms with Crippen LogP contribution in [0.5, 0.6) is 5.75 Å².